The number of ether oxygens (including phenoxy) is 1. The molecule has 0 bridgehead atoms. The van der Waals surface area contributed by atoms with Crippen molar-refractivity contribution >= 4 is 45.7 Å². The Kier molecular flexibility index (Phi) is 17.5. The highest BCUT2D eigenvalue weighted by Crippen LogP contribution is 2.19. The lowest BCUT2D eigenvalue weighted by Crippen LogP contribution is -1.91. The Hall–Kier alpha value is 0.260. The fourth-order valence-electron chi connectivity index (χ4n) is 1.90. The van der Waals surface area contributed by atoms with Crippen LogP contribution in [-0.4, -0.2) is 21.7 Å². The Labute approximate surface area is 138 Å². The van der Waals surface area contributed by atoms with Crippen molar-refractivity contribution in [1.82, 2.24) is 0 Å². The molecule has 0 aliphatic carbocycles. The quantitative estimate of drug-likeness (QED) is 0.173. The maximum Gasteiger partial charge on any atom is 0.293 e. The number of rotatable bonds is 14. The minimum absolute atomic E-state index is 0.341. The fraction of sp³-hybridized carbons (Fsp3) is 0.867. The third kappa shape index (κ3) is 16.3. The second kappa shape index (κ2) is 17.3. The molecular weight excluding hydrogens is 308 g/mol. The van der Waals surface area contributed by atoms with Crippen molar-refractivity contribution in [2.45, 2.75) is 71.1 Å². The summed E-state index contributed by atoms with van der Waals surface area (Å²) < 4.78 is 5.47. The molecule has 0 aliphatic heterocycles. The smallest absolute Gasteiger partial charge is 0.293 e. The van der Waals surface area contributed by atoms with Crippen LogP contribution in [0.1, 0.15) is 71.1 Å². The molecule has 0 aromatic rings. The summed E-state index contributed by atoms with van der Waals surface area (Å²) in [4.78, 5) is 9.96. The summed E-state index contributed by atoms with van der Waals surface area (Å²) in [6, 6.07) is 0. The lowest BCUT2D eigenvalue weighted by molar-refractivity contribution is -0.126. The van der Waals surface area contributed by atoms with Crippen LogP contribution in [0, 0.1) is 0 Å². The molecule has 0 unspecified atom stereocenters. The number of thioether (sulfide) groups is 2. The summed E-state index contributed by atoms with van der Waals surface area (Å²) in [5.74, 6) is 1.43. The number of unbranched alkanes of at least 4 members (excludes halogenated alkanes) is 9. The van der Waals surface area contributed by atoms with Crippen molar-refractivity contribution in [3.8, 4) is 0 Å². The van der Waals surface area contributed by atoms with Crippen LogP contribution in [0.5, 0.6) is 0 Å². The van der Waals surface area contributed by atoms with Gasteiger partial charge in [-0.3, -0.25) is 4.79 Å². The van der Waals surface area contributed by atoms with Gasteiger partial charge in [-0.2, -0.15) is 0 Å². The molecule has 118 valence electrons. The van der Waals surface area contributed by atoms with Crippen LogP contribution in [0.25, 0.3) is 0 Å². The lowest BCUT2D eigenvalue weighted by Gasteiger charge is -2.03. The first-order chi connectivity index (χ1) is 9.81. The van der Waals surface area contributed by atoms with E-state index in [1.54, 1.807) is 11.8 Å². The Balaban J connectivity index is 3.08. The third-order valence-electron chi connectivity index (χ3n) is 3.03. The van der Waals surface area contributed by atoms with E-state index in [4.69, 9.17) is 12.2 Å². The largest absolute Gasteiger partial charge is 0.456 e. The second-order valence-electron chi connectivity index (χ2n) is 4.81. The molecule has 0 aromatic carbocycles. The van der Waals surface area contributed by atoms with Crippen LogP contribution in [0.2, 0.25) is 0 Å². The maximum atomic E-state index is 9.96. The molecule has 0 N–H and O–H groups in total. The standard InChI is InChI=1S/C15H28O2S3/c1-2-3-4-5-6-7-8-9-10-11-12-19-15(18)20-14-17-13-16/h13H,2-12,14H2,1H3. The van der Waals surface area contributed by atoms with Gasteiger partial charge in [0.15, 0.2) is 0 Å². The van der Waals surface area contributed by atoms with Gasteiger partial charge in [0.05, 0.1) is 0 Å². The van der Waals surface area contributed by atoms with Gasteiger partial charge in [-0.1, -0.05) is 88.7 Å². The molecule has 0 fully saturated rings. The second-order valence-corrected chi connectivity index (χ2v) is 8.03. The van der Waals surface area contributed by atoms with E-state index in [9.17, 15) is 4.79 Å². The van der Waals surface area contributed by atoms with Crippen LogP contribution in [0.3, 0.4) is 0 Å². The van der Waals surface area contributed by atoms with E-state index in [2.05, 4.69) is 11.7 Å². The molecule has 0 saturated heterocycles. The van der Waals surface area contributed by atoms with Crippen LogP contribution in [0.4, 0.5) is 0 Å². The zero-order valence-electron chi connectivity index (χ0n) is 12.6. The zero-order valence-corrected chi connectivity index (χ0v) is 15.1. The first-order valence-corrected chi connectivity index (χ1v) is 10.0. The Morgan fingerprint density at radius 3 is 2.05 bits per heavy atom. The van der Waals surface area contributed by atoms with Gasteiger partial charge in [-0.05, 0) is 12.2 Å². The molecule has 0 amide bonds. The van der Waals surface area contributed by atoms with E-state index < -0.39 is 0 Å². The van der Waals surface area contributed by atoms with E-state index in [1.807, 2.05) is 0 Å². The lowest BCUT2D eigenvalue weighted by atomic mass is 10.1. The van der Waals surface area contributed by atoms with Crippen LogP contribution < -0.4 is 0 Å². The zero-order chi connectivity index (χ0) is 14.9. The summed E-state index contributed by atoms with van der Waals surface area (Å²) in [6.45, 7) is 2.72. The van der Waals surface area contributed by atoms with Crippen molar-refractivity contribution in [2.75, 3.05) is 11.7 Å². The highest BCUT2D eigenvalue weighted by Gasteiger charge is 1.99. The SMILES string of the molecule is CCCCCCCCCCCCSC(=S)SCOC=O. The first-order valence-electron chi connectivity index (χ1n) is 7.66. The molecule has 20 heavy (non-hydrogen) atoms. The molecule has 0 aromatic heterocycles. The number of hydrogen-bond donors (Lipinski definition) is 0. The predicted molar refractivity (Wildman–Crippen MR) is 96.5 cm³/mol. The highest BCUT2D eigenvalue weighted by atomic mass is 32.2. The van der Waals surface area contributed by atoms with Gasteiger partial charge < -0.3 is 4.74 Å². The molecule has 2 nitrogen and oxygen atoms in total. The van der Waals surface area contributed by atoms with E-state index in [0.29, 0.717) is 12.4 Å². The van der Waals surface area contributed by atoms with Gasteiger partial charge in [0.2, 0.25) is 0 Å². The molecule has 5 heteroatoms. The summed E-state index contributed by atoms with van der Waals surface area (Å²) >= 11 is 8.29. The topological polar surface area (TPSA) is 26.3 Å². The Morgan fingerprint density at radius 2 is 1.50 bits per heavy atom. The van der Waals surface area contributed by atoms with E-state index in [-0.39, 0.29) is 0 Å². The number of thiocarbonyl (C=S) groups is 1. The molecule has 0 rings (SSSR count). The first kappa shape index (κ1) is 20.3. The minimum atomic E-state index is 0.341. The molecular formula is C15H28O2S3. The van der Waals surface area contributed by atoms with E-state index in [1.165, 1.54) is 76.0 Å². The molecule has 0 heterocycles. The monoisotopic (exact) mass is 336 g/mol. The summed E-state index contributed by atoms with van der Waals surface area (Å²) in [7, 11) is 0. The van der Waals surface area contributed by atoms with Crippen molar-refractivity contribution in [3.63, 3.8) is 0 Å². The van der Waals surface area contributed by atoms with Crippen molar-refractivity contribution in [3.05, 3.63) is 0 Å². The van der Waals surface area contributed by atoms with Crippen LogP contribution in [0.15, 0.2) is 0 Å². The predicted octanol–water partition coefficient (Wildman–Crippen LogP) is 5.79. The Bertz CT molecular complexity index is 235. The molecule has 0 atom stereocenters. The van der Waals surface area contributed by atoms with Crippen molar-refractivity contribution in [1.29, 1.82) is 0 Å². The number of hydrogen-bond acceptors (Lipinski definition) is 5. The average molecular weight is 337 g/mol. The van der Waals surface area contributed by atoms with Crippen molar-refractivity contribution < 1.29 is 9.53 Å². The molecule has 0 saturated carbocycles. The van der Waals surface area contributed by atoms with Crippen LogP contribution in [-0.2, 0) is 9.53 Å². The van der Waals surface area contributed by atoms with Gasteiger partial charge in [0.1, 0.15) is 9.47 Å². The third-order valence-corrected chi connectivity index (χ3v) is 5.66. The summed E-state index contributed by atoms with van der Waals surface area (Å²) in [5, 5.41) is 0. The van der Waals surface area contributed by atoms with Gasteiger partial charge >= 0.3 is 0 Å². The average Bonchev–Trinajstić information content (AvgIpc) is 2.45. The fourth-order valence-corrected chi connectivity index (χ4v) is 3.75. The van der Waals surface area contributed by atoms with Crippen molar-refractivity contribution in [2.24, 2.45) is 0 Å². The van der Waals surface area contributed by atoms with Gasteiger partial charge in [-0.15, -0.1) is 11.8 Å². The molecule has 0 spiro atoms. The van der Waals surface area contributed by atoms with Gasteiger partial charge in [-0.25, -0.2) is 0 Å². The molecule has 0 aliphatic rings. The van der Waals surface area contributed by atoms with Gasteiger partial charge in [0, 0.05) is 0 Å². The summed E-state index contributed by atoms with van der Waals surface area (Å²) in [5.41, 5.74) is 0. The van der Waals surface area contributed by atoms with E-state index in [0.717, 1.165) is 9.28 Å². The summed E-state index contributed by atoms with van der Waals surface area (Å²) in [6.07, 6.45) is 13.6. The van der Waals surface area contributed by atoms with Gasteiger partial charge in [0.25, 0.3) is 6.47 Å². The maximum absolute atomic E-state index is 9.96. The van der Waals surface area contributed by atoms with E-state index >= 15 is 0 Å². The highest BCUT2D eigenvalue weighted by molar-refractivity contribution is 8.47. The minimum Gasteiger partial charge on any atom is -0.456 e. The van der Waals surface area contributed by atoms with Crippen LogP contribution >= 0.6 is 35.7 Å². The normalized spacial score (nSPS) is 10.4. The molecule has 0 radical (unpaired) electrons. The number of carbonyl (C=O) groups is 1. The Morgan fingerprint density at radius 1 is 0.950 bits per heavy atom. The number of carbonyl (C=O) groups excluding carboxylic acids is 1.